The van der Waals surface area contributed by atoms with E-state index in [0.29, 0.717) is 23.9 Å². The van der Waals surface area contributed by atoms with E-state index in [-0.39, 0.29) is 37.1 Å². The van der Waals surface area contributed by atoms with Crippen molar-refractivity contribution in [3.63, 3.8) is 0 Å². The summed E-state index contributed by atoms with van der Waals surface area (Å²) in [5.74, 6) is 1.38. The Morgan fingerprint density at radius 1 is 1.30 bits per heavy atom. The molecule has 1 aliphatic carbocycles. The number of allylic oxidation sites excluding steroid dienone is 4. The van der Waals surface area contributed by atoms with Gasteiger partial charge in [-0.05, 0) is 50.3 Å². The van der Waals surface area contributed by atoms with E-state index in [9.17, 15) is 9.59 Å². The molecule has 1 amide bonds. The fourth-order valence-electron chi connectivity index (χ4n) is 3.13. The highest BCUT2D eigenvalue weighted by Crippen LogP contribution is 2.17. The van der Waals surface area contributed by atoms with Gasteiger partial charge in [0.25, 0.3) is 0 Å². The summed E-state index contributed by atoms with van der Waals surface area (Å²) in [6, 6.07) is 2.02. The summed E-state index contributed by atoms with van der Waals surface area (Å²) in [6.07, 6.45) is 11.7. The van der Waals surface area contributed by atoms with Gasteiger partial charge in [-0.15, -0.1) is 0 Å². The van der Waals surface area contributed by atoms with Crippen molar-refractivity contribution in [2.75, 3.05) is 44.1 Å². The smallest absolute Gasteiger partial charge is 0.239 e. The number of carbonyl (C=O) groups is 2. The SMILES string of the molecule is CC.CC(CO)CCNC(=O)CN(C)c1ccnc(NC(C)C)n1.CCC1=CC(C=O)=CC=CC1OC. The lowest BCUT2D eigenvalue weighted by molar-refractivity contribution is -0.119. The second-order valence-corrected chi connectivity index (χ2v) is 8.72. The molecule has 1 aliphatic rings. The van der Waals surface area contributed by atoms with E-state index in [4.69, 9.17) is 9.84 Å². The number of nitrogens with one attached hydrogen (secondary N) is 2. The standard InChI is InChI=1S/C15H27N5O2.C11H14O2.C2H6/c1-11(2)18-15-17-8-6-13(19-15)20(4)9-14(22)16-7-5-12(3)10-21;1-3-10-7-9(8-12)5-4-6-11(10)13-2;1-2/h6,8,11-12,21H,5,7,9-10H2,1-4H3,(H,16,22)(H,17,18,19);4-8,11H,3H2,1-2H3;1-2H3. The van der Waals surface area contributed by atoms with Gasteiger partial charge in [-0.1, -0.05) is 45.9 Å². The number of amides is 1. The normalized spacial score (nSPS) is 15.0. The molecule has 0 saturated heterocycles. The van der Waals surface area contributed by atoms with Gasteiger partial charge in [-0.3, -0.25) is 9.59 Å². The van der Waals surface area contributed by atoms with Crippen molar-refractivity contribution >= 4 is 24.0 Å². The molecule has 0 saturated carbocycles. The number of anilines is 2. The van der Waals surface area contributed by atoms with Crippen LogP contribution in [0, 0.1) is 5.92 Å². The van der Waals surface area contributed by atoms with Gasteiger partial charge in [-0.2, -0.15) is 4.98 Å². The van der Waals surface area contributed by atoms with Crippen LogP contribution in [0.15, 0.2) is 47.7 Å². The topological polar surface area (TPSA) is 117 Å². The molecule has 0 radical (unpaired) electrons. The predicted molar refractivity (Wildman–Crippen MR) is 152 cm³/mol. The molecular weight excluding hydrogens is 470 g/mol. The quantitative estimate of drug-likeness (QED) is 0.357. The lowest BCUT2D eigenvalue weighted by atomic mass is 10.1. The Morgan fingerprint density at radius 3 is 2.57 bits per heavy atom. The van der Waals surface area contributed by atoms with Crippen LogP contribution >= 0.6 is 0 Å². The molecule has 0 aliphatic heterocycles. The van der Waals surface area contributed by atoms with Crippen LogP contribution in [-0.4, -0.2) is 73.3 Å². The summed E-state index contributed by atoms with van der Waals surface area (Å²) in [7, 11) is 3.49. The molecule has 37 heavy (non-hydrogen) atoms. The van der Waals surface area contributed by atoms with E-state index >= 15 is 0 Å². The minimum atomic E-state index is -0.0652. The summed E-state index contributed by atoms with van der Waals surface area (Å²) in [4.78, 5) is 32.8. The first-order chi connectivity index (χ1) is 17.7. The van der Waals surface area contributed by atoms with Crippen LogP contribution in [0.4, 0.5) is 11.8 Å². The lowest BCUT2D eigenvalue weighted by Gasteiger charge is -2.19. The highest BCUT2D eigenvalue weighted by molar-refractivity contribution is 5.81. The molecule has 1 aromatic rings. The molecule has 0 aromatic carbocycles. The van der Waals surface area contributed by atoms with Gasteiger partial charge in [0.1, 0.15) is 12.1 Å². The Bertz CT molecular complexity index is 883. The van der Waals surface area contributed by atoms with Crippen LogP contribution in [-0.2, 0) is 14.3 Å². The number of hydrogen-bond donors (Lipinski definition) is 3. The van der Waals surface area contributed by atoms with Crippen LogP contribution < -0.4 is 15.5 Å². The number of aliphatic hydroxyl groups is 1. The summed E-state index contributed by atoms with van der Waals surface area (Å²) < 4.78 is 5.26. The lowest BCUT2D eigenvalue weighted by Crippen LogP contribution is -2.36. The second kappa shape index (κ2) is 20.1. The predicted octanol–water partition coefficient (Wildman–Crippen LogP) is 3.93. The van der Waals surface area contributed by atoms with Crippen molar-refractivity contribution in [1.82, 2.24) is 15.3 Å². The van der Waals surface area contributed by atoms with Crippen molar-refractivity contribution in [2.24, 2.45) is 5.92 Å². The molecule has 2 atom stereocenters. The Morgan fingerprint density at radius 2 is 2.00 bits per heavy atom. The molecule has 1 aromatic heterocycles. The maximum absolute atomic E-state index is 11.9. The van der Waals surface area contributed by atoms with Gasteiger partial charge in [0.15, 0.2) is 0 Å². The molecule has 9 nitrogen and oxygen atoms in total. The molecule has 208 valence electrons. The Balaban J connectivity index is 0.000000733. The molecule has 0 fully saturated rings. The first kappa shape index (κ1) is 34.0. The maximum Gasteiger partial charge on any atom is 0.239 e. The highest BCUT2D eigenvalue weighted by Gasteiger charge is 2.11. The number of methoxy groups -OCH3 is 1. The summed E-state index contributed by atoms with van der Waals surface area (Å²) in [5.41, 5.74) is 1.84. The van der Waals surface area contributed by atoms with Crippen LogP contribution in [0.2, 0.25) is 0 Å². The summed E-state index contributed by atoms with van der Waals surface area (Å²) in [5, 5.41) is 14.9. The van der Waals surface area contributed by atoms with Gasteiger partial charge >= 0.3 is 0 Å². The van der Waals surface area contributed by atoms with Gasteiger partial charge < -0.3 is 25.4 Å². The molecule has 2 rings (SSSR count). The number of carbonyl (C=O) groups excluding carboxylic acids is 2. The number of likely N-dealkylation sites (N-methyl/N-ethyl adjacent to an activating group) is 1. The monoisotopic (exact) mass is 517 g/mol. The fraction of sp³-hybridized carbons (Fsp3) is 0.571. The first-order valence-electron chi connectivity index (χ1n) is 13.0. The number of ether oxygens (including phenoxy) is 1. The van der Waals surface area contributed by atoms with Crippen molar-refractivity contribution in [3.8, 4) is 0 Å². The first-order valence-corrected chi connectivity index (χ1v) is 13.0. The molecule has 3 N–H and O–H groups in total. The third-order valence-electron chi connectivity index (χ3n) is 5.19. The largest absolute Gasteiger partial charge is 0.396 e. The van der Waals surface area contributed by atoms with Crippen molar-refractivity contribution in [1.29, 1.82) is 0 Å². The van der Waals surface area contributed by atoms with E-state index in [1.165, 1.54) is 0 Å². The van der Waals surface area contributed by atoms with Crippen molar-refractivity contribution in [3.05, 3.63) is 47.7 Å². The van der Waals surface area contributed by atoms with Crippen LogP contribution in [0.1, 0.15) is 54.4 Å². The molecule has 0 spiro atoms. The number of aromatic nitrogens is 2. The van der Waals surface area contributed by atoms with Gasteiger partial charge in [0, 0.05) is 45.1 Å². The summed E-state index contributed by atoms with van der Waals surface area (Å²) >= 11 is 0. The number of hydrogen-bond acceptors (Lipinski definition) is 8. The number of aliphatic hydroxyl groups excluding tert-OH is 1. The maximum atomic E-state index is 11.9. The van der Waals surface area contributed by atoms with Crippen LogP contribution in [0.25, 0.3) is 0 Å². The second-order valence-electron chi connectivity index (χ2n) is 8.72. The number of nitrogens with zero attached hydrogens (tertiary/aromatic N) is 3. The zero-order chi connectivity index (χ0) is 28.2. The van der Waals surface area contributed by atoms with Crippen LogP contribution in [0.3, 0.4) is 0 Å². The average molecular weight is 518 g/mol. The van der Waals surface area contributed by atoms with E-state index in [1.54, 1.807) is 30.3 Å². The average Bonchev–Trinajstić information content (AvgIpc) is 3.11. The van der Waals surface area contributed by atoms with E-state index in [1.807, 2.05) is 59.9 Å². The van der Waals surface area contributed by atoms with E-state index in [0.717, 1.165) is 24.7 Å². The number of rotatable bonds is 12. The third-order valence-corrected chi connectivity index (χ3v) is 5.19. The van der Waals surface area contributed by atoms with Crippen molar-refractivity contribution in [2.45, 2.75) is 66.5 Å². The van der Waals surface area contributed by atoms with E-state index < -0.39 is 0 Å². The Labute approximate surface area is 223 Å². The molecule has 9 heteroatoms. The zero-order valence-electron chi connectivity index (χ0n) is 23.8. The molecule has 1 heterocycles. The van der Waals surface area contributed by atoms with Gasteiger partial charge in [0.2, 0.25) is 11.9 Å². The third kappa shape index (κ3) is 14.3. The fourth-order valence-corrected chi connectivity index (χ4v) is 3.13. The highest BCUT2D eigenvalue weighted by atomic mass is 16.5. The van der Waals surface area contributed by atoms with Crippen LogP contribution in [0.5, 0.6) is 0 Å². The van der Waals surface area contributed by atoms with Gasteiger partial charge in [-0.25, -0.2) is 4.98 Å². The molecule has 2 unspecified atom stereocenters. The summed E-state index contributed by atoms with van der Waals surface area (Å²) in [6.45, 7) is 13.0. The number of aldehydes is 1. The molecule has 0 bridgehead atoms. The van der Waals surface area contributed by atoms with Crippen molar-refractivity contribution < 1.29 is 19.4 Å². The van der Waals surface area contributed by atoms with Gasteiger partial charge in [0.05, 0.1) is 12.6 Å². The minimum Gasteiger partial charge on any atom is -0.396 e. The Hall–Kier alpha value is -3.04. The Kier molecular flexibility index (Phi) is 18.4. The zero-order valence-corrected chi connectivity index (χ0v) is 23.8. The minimum absolute atomic E-state index is 0.0127. The molecular formula is C28H47N5O4. The van der Waals surface area contributed by atoms with E-state index in [2.05, 4.69) is 27.5 Å².